The summed E-state index contributed by atoms with van der Waals surface area (Å²) in [6.45, 7) is 1.47. The van der Waals surface area contributed by atoms with Crippen LogP contribution < -0.4 is 14.4 Å². The van der Waals surface area contributed by atoms with Crippen molar-refractivity contribution in [1.29, 1.82) is 5.26 Å². The molecular weight excluding hydrogens is 512 g/mol. The maximum atomic E-state index is 14.3. The molecule has 0 saturated heterocycles. The Labute approximate surface area is 201 Å². The number of carbonyl (C=O) groups excluding carboxylic acids is 1. The molecule has 0 saturated carbocycles. The monoisotopic (exact) mass is 528 g/mol. The van der Waals surface area contributed by atoms with Gasteiger partial charge in [-0.1, -0.05) is 6.07 Å². The Bertz CT molecular complexity index is 1400. The first kappa shape index (κ1) is 25.9. The van der Waals surface area contributed by atoms with Crippen LogP contribution in [0.5, 0.6) is 5.75 Å². The van der Waals surface area contributed by atoms with E-state index in [0.29, 0.717) is 16.1 Å². The van der Waals surface area contributed by atoms with Gasteiger partial charge in [0.05, 0.1) is 24.4 Å². The van der Waals surface area contributed by atoms with Crippen LogP contribution in [0.4, 0.5) is 28.4 Å². The number of rotatable bonds is 7. The van der Waals surface area contributed by atoms with Gasteiger partial charge in [-0.2, -0.15) is 5.26 Å². The van der Waals surface area contributed by atoms with Crippen molar-refractivity contribution in [3.63, 3.8) is 0 Å². The lowest BCUT2D eigenvalue weighted by atomic mass is 10.1. The highest BCUT2D eigenvalue weighted by Gasteiger charge is 2.32. The standard InChI is InChI=1S/C21H16F4N4O4S2/c1-12-18(19(30)28-35(2,31)32)27-20(34-12)29(15-6-3-13(10-26)4-7-15)11-14-5-8-17(16(22)9-14)33-21(23,24)25/h3-9H,11H2,1-2H3,(H,28,30). The molecule has 3 rings (SSSR count). The predicted molar refractivity (Wildman–Crippen MR) is 119 cm³/mol. The van der Waals surface area contributed by atoms with Gasteiger partial charge in [0, 0.05) is 10.6 Å². The first-order valence-corrected chi connectivity index (χ1v) is 12.3. The molecule has 2 aromatic carbocycles. The van der Waals surface area contributed by atoms with Crippen LogP contribution in [0.3, 0.4) is 0 Å². The van der Waals surface area contributed by atoms with E-state index < -0.39 is 33.9 Å². The first-order valence-electron chi connectivity index (χ1n) is 9.57. The maximum Gasteiger partial charge on any atom is 0.573 e. The van der Waals surface area contributed by atoms with E-state index in [1.165, 1.54) is 23.1 Å². The fourth-order valence-electron chi connectivity index (χ4n) is 2.94. The van der Waals surface area contributed by atoms with Crippen molar-refractivity contribution < 1.29 is 35.5 Å². The Balaban J connectivity index is 2.00. The number of sulfonamides is 1. The number of halogens is 4. The number of alkyl halides is 3. The minimum atomic E-state index is -5.06. The molecule has 14 heteroatoms. The molecule has 0 spiro atoms. The van der Waals surface area contributed by atoms with Gasteiger partial charge in [0.2, 0.25) is 10.0 Å². The summed E-state index contributed by atoms with van der Waals surface area (Å²) >= 11 is 1.04. The van der Waals surface area contributed by atoms with Gasteiger partial charge in [-0.3, -0.25) is 4.79 Å². The highest BCUT2D eigenvalue weighted by atomic mass is 32.2. The second-order valence-corrected chi connectivity index (χ2v) is 10.1. The summed E-state index contributed by atoms with van der Waals surface area (Å²) in [4.78, 5) is 18.5. The van der Waals surface area contributed by atoms with Crippen LogP contribution in [-0.2, 0) is 16.6 Å². The van der Waals surface area contributed by atoms with E-state index in [0.717, 1.165) is 29.7 Å². The molecular formula is C21H16F4N4O4S2. The van der Waals surface area contributed by atoms with Gasteiger partial charge in [0.15, 0.2) is 16.7 Å². The summed E-state index contributed by atoms with van der Waals surface area (Å²) in [6, 6.07) is 11.1. The number of nitrogens with one attached hydrogen (secondary N) is 1. The summed E-state index contributed by atoms with van der Waals surface area (Å²) in [7, 11) is -3.84. The third-order valence-corrected chi connectivity index (χ3v) is 5.93. The van der Waals surface area contributed by atoms with Gasteiger partial charge < -0.3 is 9.64 Å². The lowest BCUT2D eigenvalue weighted by Gasteiger charge is -2.22. The zero-order valence-electron chi connectivity index (χ0n) is 18.1. The second-order valence-electron chi connectivity index (χ2n) is 7.16. The number of anilines is 2. The number of nitrogens with zero attached hydrogens (tertiary/aromatic N) is 3. The van der Waals surface area contributed by atoms with Gasteiger partial charge in [-0.15, -0.1) is 24.5 Å². The van der Waals surface area contributed by atoms with Crippen LogP contribution in [0.25, 0.3) is 0 Å². The number of amides is 1. The number of benzene rings is 2. The van der Waals surface area contributed by atoms with Gasteiger partial charge in [-0.25, -0.2) is 22.5 Å². The van der Waals surface area contributed by atoms with Crippen molar-refractivity contribution in [2.24, 2.45) is 0 Å². The van der Waals surface area contributed by atoms with Crippen LogP contribution in [0.15, 0.2) is 42.5 Å². The number of thiazole rings is 1. The maximum absolute atomic E-state index is 14.3. The number of hydrogen-bond donors (Lipinski definition) is 1. The van der Waals surface area contributed by atoms with Crippen LogP contribution in [-0.4, -0.2) is 31.9 Å². The Morgan fingerprint density at radius 3 is 2.43 bits per heavy atom. The van der Waals surface area contributed by atoms with E-state index in [4.69, 9.17) is 5.26 Å². The minimum absolute atomic E-state index is 0.0881. The molecule has 0 fully saturated rings. The summed E-state index contributed by atoms with van der Waals surface area (Å²) in [5, 5.41) is 9.27. The van der Waals surface area contributed by atoms with E-state index in [2.05, 4.69) is 9.72 Å². The van der Waals surface area contributed by atoms with E-state index in [9.17, 15) is 30.8 Å². The highest BCUT2D eigenvalue weighted by molar-refractivity contribution is 7.89. The summed E-state index contributed by atoms with van der Waals surface area (Å²) < 4.78 is 79.9. The molecule has 1 aromatic heterocycles. The first-order chi connectivity index (χ1) is 16.3. The molecule has 184 valence electrons. The summed E-state index contributed by atoms with van der Waals surface area (Å²) in [6.07, 6.45) is -4.24. The number of aryl methyl sites for hydroxylation is 1. The SMILES string of the molecule is Cc1sc(N(Cc2ccc(OC(F)(F)F)c(F)c2)c2ccc(C#N)cc2)nc1C(=O)NS(C)(=O)=O. The second kappa shape index (κ2) is 9.88. The van der Waals surface area contributed by atoms with Crippen LogP contribution in [0.2, 0.25) is 0 Å². The third kappa shape index (κ3) is 6.90. The van der Waals surface area contributed by atoms with Crippen molar-refractivity contribution in [1.82, 2.24) is 9.71 Å². The molecule has 1 heterocycles. The molecule has 8 nitrogen and oxygen atoms in total. The summed E-state index contributed by atoms with van der Waals surface area (Å²) in [5.74, 6) is -3.16. The normalized spacial score (nSPS) is 11.6. The Kier molecular flexibility index (Phi) is 7.32. The molecule has 0 bridgehead atoms. The van der Waals surface area contributed by atoms with Gasteiger partial charge in [0.1, 0.15) is 5.69 Å². The van der Waals surface area contributed by atoms with E-state index in [-0.39, 0.29) is 22.9 Å². The topological polar surface area (TPSA) is 112 Å². The molecule has 0 atom stereocenters. The molecule has 1 N–H and O–H groups in total. The number of aromatic nitrogens is 1. The third-order valence-electron chi connectivity index (χ3n) is 4.38. The molecule has 35 heavy (non-hydrogen) atoms. The fourth-order valence-corrected chi connectivity index (χ4v) is 4.30. The van der Waals surface area contributed by atoms with E-state index >= 15 is 0 Å². The van der Waals surface area contributed by atoms with Gasteiger partial charge >= 0.3 is 6.36 Å². The quantitative estimate of drug-likeness (QED) is 0.453. The fraction of sp³-hybridized carbons (Fsp3) is 0.190. The lowest BCUT2D eigenvalue weighted by molar-refractivity contribution is -0.275. The molecule has 1 amide bonds. The molecule has 0 aliphatic heterocycles. The lowest BCUT2D eigenvalue weighted by Crippen LogP contribution is -2.30. The van der Waals surface area contributed by atoms with E-state index in [1.54, 1.807) is 19.1 Å². The van der Waals surface area contributed by atoms with Crippen LogP contribution >= 0.6 is 11.3 Å². The number of ether oxygens (including phenoxy) is 1. The zero-order valence-corrected chi connectivity index (χ0v) is 19.7. The Morgan fingerprint density at radius 2 is 1.89 bits per heavy atom. The van der Waals surface area contributed by atoms with Crippen LogP contribution in [0.1, 0.15) is 26.5 Å². The average Bonchev–Trinajstić information content (AvgIpc) is 3.13. The predicted octanol–water partition coefficient (Wildman–Crippen LogP) is 4.39. The highest BCUT2D eigenvalue weighted by Crippen LogP contribution is 2.34. The smallest absolute Gasteiger partial charge is 0.403 e. The molecule has 0 radical (unpaired) electrons. The Hall–Kier alpha value is -3.70. The minimum Gasteiger partial charge on any atom is -0.403 e. The number of hydrogen-bond acceptors (Lipinski definition) is 8. The van der Waals surface area contributed by atoms with Gasteiger partial charge in [-0.05, 0) is 48.9 Å². The molecule has 0 aliphatic carbocycles. The van der Waals surface area contributed by atoms with Crippen molar-refractivity contribution in [3.8, 4) is 11.8 Å². The van der Waals surface area contributed by atoms with Crippen molar-refractivity contribution in [2.45, 2.75) is 19.8 Å². The van der Waals surface area contributed by atoms with Crippen molar-refractivity contribution in [2.75, 3.05) is 11.2 Å². The molecule has 0 unspecified atom stereocenters. The van der Waals surface area contributed by atoms with Crippen molar-refractivity contribution >= 4 is 38.1 Å². The average molecular weight is 529 g/mol. The van der Waals surface area contributed by atoms with Crippen LogP contribution in [0, 0.1) is 24.1 Å². The van der Waals surface area contributed by atoms with Gasteiger partial charge in [0.25, 0.3) is 5.91 Å². The van der Waals surface area contributed by atoms with E-state index in [1.807, 2.05) is 10.8 Å². The molecule has 0 aliphatic rings. The number of carbonyl (C=O) groups is 1. The zero-order chi connectivity index (χ0) is 26.0. The molecule has 3 aromatic rings. The van der Waals surface area contributed by atoms with Crippen molar-refractivity contribution in [3.05, 3.63) is 70.0 Å². The number of nitriles is 1. The largest absolute Gasteiger partial charge is 0.573 e. The Morgan fingerprint density at radius 1 is 1.23 bits per heavy atom. The summed E-state index contributed by atoms with van der Waals surface area (Å²) in [5.41, 5.74) is 0.936.